The number of rotatable bonds is 5. The lowest BCUT2D eigenvalue weighted by Gasteiger charge is -2.07. The lowest BCUT2D eigenvalue weighted by atomic mass is 10.2. The van der Waals surface area contributed by atoms with Crippen molar-refractivity contribution in [2.24, 2.45) is 10.3 Å². The number of sulfonamides is 2. The van der Waals surface area contributed by atoms with Crippen molar-refractivity contribution in [3.63, 3.8) is 0 Å². The van der Waals surface area contributed by atoms with Gasteiger partial charge in [-0.25, -0.2) is 40.7 Å². The lowest BCUT2D eigenvalue weighted by Crippen LogP contribution is -2.15. The number of carbonyl (C=O) groups excluding carboxylic acids is 1. The summed E-state index contributed by atoms with van der Waals surface area (Å²) in [5.74, 6) is -3.58. The summed E-state index contributed by atoms with van der Waals surface area (Å²) in [6, 6.07) is 18.1. The fourth-order valence-corrected chi connectivity index (χ4v) is 4.45. The molecule has 11 nitrogen and oxygen atoms in total. The number of nitrogen functional groups attached to an aromatic ring is 1. The molecular formula is C26H22Cl2F2N4O7S2. The van der Waals surface area contributed by atoms with Crippen molar-refractivity contribution >= 4 is 66.5 Å². The van der Waals surface area contributed by atoms with E-state index in [1.165, 1.54) is 60.7 Å². The molecule has 0 heterocycles. The minimum absolute atomic E-state index is 0.0394. The van der Waals surface area contributed by atoms with E-state index in [0.717, 1.165) is 18.2 Å². The number of carboxylic acid groups (broad SMARTS) is 1. The Kier molecular flexibility index (Phi) is 12.1. The fourth-order valence-electron chi connectivity index (χ4n) is 2.97. The number of benzene rings is 4. The van der Waals surface area contributed by atoms with Gasteiger partial charge in [-0.1, -0.05) is 35.3 Å². The van der Waals surface area contributed by atoms with Crippen molar-refractivity contribution in [3.8, 4) is 0 Å². The zero-order chi connectivity index (χ0) is 32.5. The molecule has 228 valence electrons. The highest BCUT2D eigenvalue weighted by Gasteiger charge is 2.14. The van der Waals surface area contributed by atoms with Gasteiger partial charge in [-0.15, -0.1) is 0 Å². The van der Waals surface area contributed by atoms with Crippen LogP contribution in [0.15, 0.2) is 94.7 Å². The van der Waals surface area contributed by atoms with E-state index in [-0.39, 0.29) is 31.1 Å². The normalized spacial score (nSPS) is 10.8. The van der Waals surface area contributed by atoms with E-state index in [1.807, 2.05) is 0 Å². The maximum atomic E-state index is 13.6. The second kappa shape index (κ2) is 14.9. The highest BCUT2D eigenvalue weighted by Crippen LogP contribution is 2.19. The van der Waals surface area contributed by atoms with Gasteiger partial charge in [0, 0.05) is 21.4 Å². The smallest absolute Gasteiger partial charge is 0.338 e. The number of carbonyl (C=O) groups is 2. The quantitative estimate of drug-likeness (QED) is 0.190. The van der Waals surface area contributed by atoms with E-state index < -0.39 is 49.1 Å². The van der Waals surface area contributed by atoms with Crippen LogP contribution in [0.1, 0.15) is 20.7 Å². The van der Waals surface area contributed by atoms with Crippen LogP contribution in [0.5, 0.6) is 0 Å². The van der Waals surface area contributed by atoms with Gasteiger partial charge in [-0.05, 0) is 72.8 Å². The van der Waals surface area contributed by atoms with Crippen molar-refractivity contribution in [3.05, 3.63) is 118 Å². The maximum Gasteiger partial charge on any atom is 0.338 e. The third-order valence-corrected chi connectivity index (χ3v) is 7.23. The molecule has 4 aromatic carbocycles. The fraction of sp³-hybridized carbons (Fsp3) is 0. The van der Waals surface area contributed by atoms with Gasteiger partial charge in [-0.3, -0.25) is 4.79 Å². The van der Waals surface area contributed by atoms with E-state index in [9.17, 15) is 35.2 Å². The number of amides is 1. The summed E-state index contributed by atoms with van der Waals surface area (Å²) in [5, 5.41) is 21.0. The van der Waals surface area contributed by atoms with Crippen molar-refractivity contribution in [1.29, 1.82) is 0 Å². The van der Waals surface area contributed by atoms with Gasteiger partial charge in [0.15, 0.2) is 0 Å². The van der Waals surface area contributed by atoms with E-state index in [0.29, 0.717) is 5.69 Å². The average Bonchev–Trinajstić information content (AvgIpc) is 2.91. The van der Waals surface area contributed by atoms with Gasteiger partial charge in [0.25, 0.3) is 5.91 Å². The SMILES string of the molecule is NS(=O)(=O)c1cccc(NC(=O)c2cc(Cl)ccc2F)c1.Nc1cccc(S(N)(=O)=O)c1.O=C(O)c1cc(Cl)ccc1F. The molecular weight excluding hydrogens is 653 g/mol. The lowest BCUT2D eigenvalue weighted by molar-refractivity contribution is 0.0691. The van der Waals surface area contributed by atoms with Crippen molar-refractivity contribution in [2.45, 2.75) is 9.79 Å². The first-order valence-corrected chi connectivity index (χ1v) is 15.2. The summed E-state index contributed by atoms with van der Waals surface area (Å²) >= 11 is 11.1. The van der Waals surface area contributed by atoms with E-state index in [2.05, 4.69) is 5.32 Å². The van der Waals surface area contributed by atoms with Crippen LogP contribution < -0.4 is 21.3 Å². The van der Waals surface area contributed by atoms with E-state index in [1.54, 1.807) is 6.07 Å². The first-order valence-electron chi connectivity index (χ1n) is 11.3. The average molecular weight is 676 g/mol. The molecule has 0 unspecified atom stereocenters. The van der Waals surface area contributed by atoms with Crippen molar-refractivity contribution in [2.75, 3.05) is 11.1 Å². The minimum Gasteiger partial charge on any atom is -0.478 e. The van der Waals surface area contributed by atoms with Gasteiger partial charge >= 0.3 is 5.97 Å². The van der Waals surface area contributed by atoms with Gasteiger partial charge in [0.2, 0.25) is 20.0 Å². The zero-order valence-corrected chi connectivity index (χ0v) is 24.7. The predicted octanol–water partition coefficient (Wildman–Crippen LogP) is 4.47. The molecule has 0 aliphatic heterocycles. The number of carboxylic acids is 1. The molecule has 0 aromatic heterocycles. The molecule has 0 fully saturated rings. The number of halogens is 4. The molecule has 8 N–H and O–H groups in total. The van der Waals surface area contributed by atoms with Crippen LogP contribution in [0.25, 0.3) is 0 Å². The van der Waals surface area contributed by atoms with Crippen LogP contribution in [0, 0.1) is 11.6 Å². The summed E-state index contributed by atoms with van der Waals surface area (Å²) in [4.78, 5) is 22.1. The van der Waals surface area contributed by atoms with Gasteiger partial charge in [0.1, 0.15) is 11.6 Å². The first kappa shape index (κ1) is 35.1. The number of hydrogen-bond donors (Lipinski definition) is 5. The molecule has 17 heteroatoms. The molecule has 1 amide bonds. The number of primary sulfonamides is 2. The molecule has 0 saturated heterocycles. The largest absolute Gasteiger partial charge is 0.478 e. The Hall–Kier alpha value is -4.12. The molecule has 0 saturated carbocycles. The second-order valence-corrected chi connectivity index (χ2v) is 12.2. The third kappa shape index (κ3) is 11.2. The van der Waals surface area contributed by atoms with Gasteiger partial charge in [-0.2, -0.15) is 0 Å². The number of nitrogens with one attached hydrogen (secondary N) is 1. The molecule has 43 heavy (non-hydrogen) atoms. The van der Waals surface area contributed by atoms with Crippen LogP contribution in [0.3, 0.4) is 0 Å². The van der Waals surface area contributed by atoms with Crippen LogP contribution in [-0.4, -0.2) is 33.8 Å². The molecule has 0 bridgehead atoms. The zero-order valence-electron chi connectivity index (χ0n) is 21.5. The van der Waals surface area contributed by atoms with Gasteiger partial charge in [0.05, 0.1) is 20.9 Å². The number of hydrogen-bond acceptors (Lipinski definition) is 7. The molecule has 4 aromatic rings. The summed E-state index contributed by atoms with van der Waals surface area (Å²) in [5.41, 5.74) is 5.24. The third-order valence-electron chi connectivity index (χ3n) is 4.94. The number of nitrogens with two attached hydrogens (primary N) is 3. The molecule has 0 radical (unpaired) electrons. The molecule has 0 spiro atoms. The van der Waals surface area contributed by atoms with Crippen molar-refractivity contribution < 1.29 is 40.3 Å². The van der Waals surface area contributed by atoms with Crippen LogP contribution in [0.4, 0.5) is 20.2 Å². The first-order chi connectivity index (χ1) is 19.9. The Labute approximate surface area is 254 Å². The Bertz CT molecular complexity index is 1880. The minimum atomic E-state index is -3.89. The Morgan fingerprint density at radius 1 is 0.698 bits per heavy atom. The summed E-state index contributed by atoms with van der Waals surface area (Å²) in [6.45, 7) is 0. The number of aromatic carboxylic acids is 1. The van der Waals surface area contributed by atoms with Crippen LogP contribution in [-0.2, 0) is 20.0 Å². The molecule has 0 aliphatic rings. The monoisotopic (exact) mass is 674 g/mol. The van der Waals surface area contributed by atoms with E-state index >= 15 is 0 Å². The summed E-state index contributed by atoms with van der Waals surface area (Å²) < 4.78 is 70.0. The number of anilines is 2. The summed E-state index contributed by atoms with van der Waals surface area (Å²) in [6.07, 6.45) is 0. The Balaban J connectivity index is 0.000000247. The van der Waals surface area contributed by atoms with E-state index in [4.69, 9.17) is 44.3 Å². The second-order valence-electron chi connectivity index (χ2n) is 8.20. The molecule has 0 aliphatic carbocycles. The standard InChI is InChI=1S/C13H10ClFN2O3S.C7H4ClFO2.C6H8N2O2S/c14-8-4-5-12(15)11(6-8)13(18)17-9-2-1-3-10(7-9)21(16,19)20;8-4-1-2-6(9)5(3-4)7(10)11;7-5-2-1-3-6(4-5)11(8,9)10/h1-7H,(H,17,18)(H2,16,19,20);1-3H,(H,10,11);1-4H,7H2,(H2,8,9,10). The Morgan fingerprint density at radius 2 is 1.16 bits per heavy atom. The predicted molar refractivity (Wildman–Crippen MR) is 158 cm³/mol. The summed E-state index contributed by atoms with van der Waals surface area (Å²) in [7, 11) is -7.49. The molecule has 4 rings (SSSR count). The molecule has 0 atom stereocenters. The highest BCUT2D eigenvalue weighted by molar-refractivity contribution is 7.89. The topological polar surface area (TPSA) is 213 Å². The van der Waals surface area contributed by atoms with Crippen molar-refractivity contribution in [1.82, 2.24) is 0 Å². The maximum absolute atomic E-state index is 13.6. The van der Waals surface area contributed by atoms with Crippen LogP contribution >= 0.6 is 23.2 Å². The van der Waals surface area contributed by atoms with Gasteiger partial charge < -0.3 is 16.2 Å². The Morgan fingerprint density at radius 3 is 1.60 bits per heavy atom. The highest BCUT2D eigenvalue weighted by atomic mass is 35.5. The van der Waals surface area contributed by atoms with Crippen LogP contribution in [0.2, 0.25) is 10.0 Å².